The van der Waals surface area contributed by atoms with E-state index in [1.807, 2.05) is 0 Å². The summed E-state index contributed by atoms with van der Waals surface area (Å²) in [7, 11) is -2.65. The predicted molar refractivity (Wildman–Crippen MR) is 108 cm³/mol. The first kappa shape index (κ1) is 20.8. The number of anilines is 2. The van der Waals surface area contributed by atoms with Crippen LogP contribution in [0.3, 0.4) is 0 Å². The molecule has 1 heterocycles. The van der Waals surface area contributed by atoms with E-state index in [-0.39, 0.29) is 33.3 Å². The number of ether oxygens (including phenoxy) is 1. The van der Waals surface area contributed by atoms with E-state index in [1.54, 1.807) is 12.1 Å². The summed E-state index contributed by atoms with van der Waals surface area (Å²) in [6.45, 7) is 1.51. The molecule has 10 heteroatoms. The van der Waals surface area contributed by atoms with Gasteiger partial charge in [-0.2, -0.15) is 0 Å². The third-order valence-corrected chi connectivity index (χ3v) is 6.54. The number of benzene rings is 2. The number of amides is 2. The second-order valence-electron chi connectivity index (χ2n) is 6.44. The van der Waals surface area contributed by atoms with Crippen molar-refractivity contribution in [2.24, 2.45) is 5.92 Å². The maximum absolute atomic E-state index is 12.7. The van der Waals surface area contributed by atoms with E-state index >= 15 is 0 Å². The van der Waals surface area contributed by atoms with Crippen molar-refractivity contribution in [3.8, 4) is 0 Å². The lowest BCUT2D eigenvalue weighted by molar-refractivity contribution is -0.119. The molecule has 1 fully saturated rings. The summed E-state index contributed by atoms with van der Waals surface area (Å²) < 4.78 is 30.0. The van der Waals surface area contributed by atoms with Crippen molar-refractivity contribution < 1.29 is 27.5 Å². The number of nitrogens with zero attached hydrogens (tertiary/aromatic N) is 1. The highest BCUT2D eigenvalue weighted by Crippen LogP contribution is 2.34. The van der Waals surface area contributed by atoms with E-state index in [1.165, 1.54) is 44.4 Å². The molecule has 0 saturated carbocycles. The van der Waals surface area contributed by atoms with Crippen LogP contribution in [-0.2, 0) is 19.6 Å². The van der Waals surface area contributed by atoms with E-state index in [0.717, 1.165) is 0 Å². The molecule has 29 heavy (non-hydrogen) atoms. The molecule has 2 aromatic carbocycles. The molecule has 1 saturated heterocycles. The fraction of sp³-hybridized carbons (Fsp3) is 0.211. The van der Waals surface area contributed by atoms with Crippen LogP contribution >= 0.6 is 11.6 Å². The summed E-state index contributed by atoms with van der Waals surface area (Å²) in [5.74, 6) is -2.89. The lowest BCUT2D eigenvalue weighted by atomic mass is 10.1. The molecule has 1 atom stereocenters. The van der Waals surface area contributed by atoms with Crippen LogP contribution < -0.4 is 9.62 Å². The van der Waals surface area contributed by atoms with Crippen LogP contribution in [0.5, 0.6) is 0 Å². The molecule has 1 aliphatic heterocycles. The molecule has 2 aromatic rings. The third kappa shape index (κ3) is 3.96. The fourth-order valence-electron chi connectivity index (χ4n) is 2.95. The molecule has 0 aliphatic carbocycles. The summed E-state index contributed by atoms with van der Waals surface area (Å²) in [4.78, 5) is 36.9. The maximum Gasteiger partial charge on any atom is 0.339 e. The van der Waals surface area contributed by atoms with Gasteiger partial charge in [0.15, 0.2) is 0 Å². The van der Waals surface area contributed by atoms with Gasteiger partial charge in [0, 0.05) is 5.56 Å². The zero-order valence-electron chi connectivity index (χ0n) is 15.5. The molecule has 2 amide bonds. The molecule has 0 radical (unpaired) electrons. The van der Waals surface area contributed by atoms with E-state index in [2.05, 4.69) is 5.32 Å². The highest BCUT2D eigenvalue weighted by atomic mass is 35.5. The van der Waals surface area contributed by atoms with Crippen molar-refractivity contribution in [1.82, 2.24) is 0 Å². The number of methoxy groups -OCH3 is 1. The number of carbonyl (C=O) groups excluding carboxylic acids is 3. The Morgan fingerprint density at radius 1 is 1.21 bits per heavy atom. The van der Waals surface area contributed by atoms with Crippen molar-refractivity contribution in [1.29, 1.82) is 0 Å². The maximum atomic E-state index is 12.7. The van der Waals surface area contributed by atoms with Gasteiger partial charge in [-0.15, -0.1) is 0 Å². The van der Waals surface area contributed by atoms with Crippen LogP contribution in [0.15, 0.2) is 42.5 Å². The minimum Gasteiger partial charge on any atom is -0.465 e. The highest BCUT2D eigenvalue weighted by Gasteiger charge is 2.43. The largest absolute Gasteiger partial charge is 0.465 e. The molecule has 8 nitrogen and oxygen atoms in total. The molecular weight excluding hydrogens is 420 g/mol. The first-order valence-electron chi connectivity index (χ1n) is 8.51. The number of nitrogens with one attached hydrogen (secondary N) is 1. The van der Waals surface area contributed by atoms with Crippen LogP contribution in [0.1, 0.15) is 27.6 Å². The number of carbonyl (C=O) groups is 3. The normalized spacial score (nSPS) is 17.8. The molecule has 152 valence electrons. The van der Waals surface area contributed by atoms with E-state index < -0.39 is 33.7 Å². The Kier molecular flexibility index (Phi) is 5.63. The second-order valence-corrected chi connectivity index (χ2v) is 8.71. The molecule has 0 spiro atoms. The second kappa shape index (κ2) is 7.84. The number of hydrogen-bond acceptors (Lipinski definition) is 6. The summed E-state index contributed by atoms with van der Waals surface area (Å²) in [5, 5.41) is 2.60. The Bertz CT molecular complexity index is 1120. The lowest BCUT2D eigenvalue weighted by Gasteiger charge is -2.18. The first-order valence-corrected chi connectivity index (χ1v) is 10.5. The Morgan fingerprint density at radius 2 is 1.90 bits per heavy atom. The fourth-order valence-corrected chi connectivity index (χ4v) is 5.03. The molecule has 0 bridgehead atoms. The van der Waals surface area contributed by atoms with E-state index in [9.17, 15) is 22.8 Å². The van der Waals surface area contributed by atoms with Gasteiger partial charge >= 0.3 is 5.97 Å². The average Bonchev–Trinajstić information content (AvgIpc) is 2.89. The Morgan fingerprint density at radius 3 is 2.52 bits per heavy atom. The Balaban J connectivity index is 1.96. The number of para-hydroxylation sites is 1. The van der Waals surface area contributed by atoms with E-state index in [4.69, 9.17) is 16.3 Å². The molecular formula is C19H17ClN2O6S. The molecule has 1 N–H and O–H groups in total. The van der Waals surface area contributed by atoms with E-state index in [0.29, 0.717) is 4.31 Å². The smallest absolute Gasteiger partial charge is 0.339 e. The first-order chi connectivity index (χ1) is 13.7. The minimum atomic E-state index is -3.88. The number of sulfonamides is 1. The van der Waals surface area contributed by atoms with Gasteiger partial charge in [0.05, 0.1) is 40.7 Å². The van der Waals surface area contributed by atoms with Gasteiger partial charge in [0.25, 0.3) is 5.91 Å². The number of rotatable bonds is 4. The highest BCUT2D eigenvalue weighted by molar-refractivity contribution is 7.94. The number of halogens is 1. The van der Waals surface area contributed by atoms with Crippen LogP contribution in [0.2, 0.25) is 5.02 Å². The molecule has 1 aliphatic rings. The summed E-state index contributed by atoms with van der Waals surface area (Å²) in [5.41, 5.74) is 0.351. The number of hydrogen-bond donors (Lipinski definition) is 1. The van der Waals surface area contributed by atoms with Crippen LogP contribution in [0.4, 0.5) is 11.4 Å². The van der Waals surface area contributed by atoms with Crippen LogP contribution in [-0.4, -0.2) is 39.1 Å². The standard InChI is InChI=1S/C19H17ClN2O6S/c1-11-10-29(26,27)22(18(11)24)16-9-12(7-8-14(16)20)17(23)21-15-6-4-3-5-13(15)19(25)28-2/h3-9,11H,10H2,1-2H3,(H,21,23). The SMILES string of the molecule is COC(=O)c1ccccc1NC(=O)c1ccc(Cl)c(N2C(=O)C(C)CS2(=O)=O)c1. The van der Waals surface area contributed by atoms with Gasteiger partial charge in [-0.3, -0.25) is 9.59 Å². The zero-order valence-corrected chi connectivity index (χ0v) is 17.1. The molecule has 1 unspecified atom stereocenters. The molecule has 3 rings (SSSR count). The Labute approximate surface area is 172 Å². The van der Waals surface area contributed by atoms with Gasteiger partial charge in [-0.05, 0) is 30.3 Å². The quantitative estimate of drug-likeness (QED) is 0.738. The zero-order chi connectivity index (χ0) is 21.3. The topological polar surface area (TPSA) is 110 Å². The van der Waals surface area contributed by atoms with Crippen molar-refractivity contribution in [3.63, 3.8) is 0 Å². The summed E-state index contributed by atoms with van der Waals surface area (Å²) >= 11 is 6.12. The van der Waals surface area contributed by atoms with Crippen LogP contribution in [0, 0.1) is 5.92 Å². The number of esters is 1. The summed E-state index contributed by atoms with van der Waals surface area (Å²) in [6, 6.07) is 10.2. The van der Waals surface area contributed by atoms with Crippen molar-refractivity contribution >= 4 is 50.8 Å². The predicted octanol–water partition coefficient (Wildman–Crippen LogP) is 2.69. The van der Waals surface area contributed by atoms with Crippen LogP contribution in [0.25, 0.3) is 0 Å². The third-order valence-electron chi connectivity index (χ3n) is 4.37. The van der Waals surface area contributed by atoms with Gasteiger partial charge in [0.1, 0.15) is 0 Å². The van der Waals surface area contributed by atoms with Crippen molar-refractivity contribution in [2.45, 2.75) is 6.92 Å². The Hall–Kier alpha value is -2.91. The van der Waals surface area contributed by atoms with Gasteiger partial charge in [-0.25, -0.2) is 17.5 Å². The lowest BCUT2D eigenvalue weighted by Crippen LogP contribution is -2.30. The van der Waals surface area contributed by atoms with Crippen molar-refractivity contribution in [3.05, 3.63) is 58.6 Å². The summed E-state index contributed by atoms with van der Waals surface area (Å²) in [6.07, 6.45) is 0. The van der Waals surface area contributed by atoms with Gasteiger partial charge < -0.3 is 10.1 Å². The average molecular weight is 437 g/mol. The molecule has 0 aromatic heterocycles. The van der Waals surface area contributed by atoms with Gasteiger partial charge in [-0.1, -0.05) is 30.7 Å². The monoisotopic (exact) mass is 436 g/mol. The minimum absolute atomic E-state index is 0.0162. The van der Waals surface area contributed by atoms with Crippen molar-refractivity contribution in [2.75, 3.05) is 22.5 Å². The van der Waals surface area contributed by atoms with Gasteiger partial charge in [0.2, 0.25) is 15.9 Å².